The van der Waals surface area contributed by atoms with Gasteiger partial charge in [-0.2, -0.15) is 0 Å². The van der Waals surface area contributed by atoms with E-state index in [4.69, 9.17) is 23.2 Å². The molecule has 3 aromatic rings. The van der Waals surface area contributed by atoms with Gasteiger partial charge >= 0.3 is 0 Å². The Morgan fingerprint density at radius 3 is 2.71 bits per heavy atom. The number of hydrogen-bond donors (Lipinski definition) is 5. The number of carbonyl (C=O) groups is 2. The highest BCUT2D eigenvalue weighted by atomic mass is 35.5. The molecule has 1 aliphatic rings. The maximum Gasteiger partial charge on any atom is 0.269 e. The molecule has 0 saturated heterocycles. The van der Waals surface area contributed by atoms with Crippen molar-refractivity contribution in [1.82, 2.24) is 10.3 Å². The number of amides is 2. The van der Waals surface area contributed by atoms with Crippen molar-refractivity contribution in [3.8, 4) is 11.1 Å². The highest BCUT2D eigenvalue weighted by Crippen LogP contribution is 2.34. The van der Waals surface area contributed by atoms with Crippen LogP contribution in [-0.2, 0) is 20.6 Å². The normalized spacial score (nSPS) is 18.3. The van der Waals surface area contributed by atoms with Crippen molar-refractivity contribution in [1.29, 1.82) is 0 Å². The predicted octanol–water partition coefficient (Wildman–Crippen LogP) is 4.73. The molecule has 2 heterocycles. The molecule has 0 spiro atoms. The van der Waals surface area contributed by atoms with Gasteiger partial charge in [-0.15, -0.1) is 0 Å². The number of anilines is 3. The molecule has 2 amide bonds. The van der Waals surface area contributed by atoms with Crippen molar-refractivity contribution in [3.63, 3.8) is 0 Å². The molecule has 4 rings (SSSR count). The van der Waals surface area contributed by atoms with Crippen molar-refractivity contribution in [2.24, 2.45) is 17.5 Å². The molecule has 7 N–H and O–H groups in total. The standard InChI is InChI=1S/C29H33ClFN7O3S/c1-16-6-4-8-22(35-29(40)27(32)17(2)38(33)25-9-5-7-21(30)26(25)31)24-14-18(12-13-34-24)20-11-10-19(37-42(3)41)15-23(20)36-28(16)39/h5,7,9-16,22,37H,4,6,8,32-33H2,1-3H3,(H,35,40)(H,36,39)/b27-17-. The van der Waals surface area contributed by atoms with E-state index >= 15 is 0 Å². The van der Waals surface area contributed by atoms with Crippen LogP contribution in [0.25, 0.3) is 11.1 Å². The molecule has 42 heavy (non-hydrogen) atoms. The average Bonchev–Trinajstić information content (AvgIpc) is 2.96. The highest BCUT2D eigenvalue weighted by molar-refractivity contribution is 7.85. The lowest BCUT2D eigenvalue weighted by Gasteiger charge is -2.24. The Labute approximate surface area is 251 Å². The Morgan fingerprint density at radius 1 is 1.21 bits per heavy atom. The molecule has 1 aliphatic heterocycles. The Morgan fingerprint density at radius 2 is 1.98 bits per heavy atom. The lowest BCUT2D eigenvalue weighted by Crippen LogP contribution is -2.38. The molecule has 3 atom stereocenters. The number of aromatic nitrogens is 1. The summed E-state index contributed by atoms with van der Waals surface area (Å²) < 4.78 is 29.1. The van der Waals surface area contributed by atoms with Gasteiger partial charge in [-0.3, -0.25) is 19.6 Å². The summed E-state index contributed by atoms with van der Waals surface area (Å²) in [6.45, 7) is 3.34. The Bertz CT molecular complexity index is 1570. The van der Waals surface area contributed by atoms with E-state index < -0.39 is 28.8 Å². The third kappa shape index (κ3) is 7.07. The van der Waals surface area contributed by atoms with E-state index in [1.54, 1.807) is 24.4 Å². The number of nitrogens with one attached hydrogen (secondary N) is 3. The summed E-state index contributed by atoms with van der Waals surface area (Å²) in [5, 5.41) is 6.81. The minimum atomic E-state index is -1.29. The zero-order valence-corrected chi connectivity index (χ0v) is 25.0. The molecule has 0 fully saturated rings. The van der Waals surface area contributed by atoms with E-state index in [2.05, 4.69) is 20.3 Å². The van der Waals surface area contributed by atoms with Crippen LogP contribution in [0.1, 0.15) is 44.8 Å². The molecule has 3 unspecified atom stereocenters. The van der Waals surface area contributed by atoms with Gasteiger partial charge in [-0.1, -0.05) is 37.1 Å². The molecule has 2 aromatic carbocycles. The lowest BCUT2D eigenvalue weighted by atomic mass is 9.95. The molecule has 2 bridgehead atoms. The first-order valence-corrected chi connectivity index (χ1v) is 15.2. The van der Waals surface area contributed by atoms with Crippen molar-refractivity contribution >= 4 is 51.5 Å². The topological polar surface area (TPSA) is 155 Å². The summed E-state index contributed by atoms with van der Waals surface area (Å²) in [5.41, 5.74) is 9.32. The first-order chi connectivity index (χ1) is 20.0. The maximum absolute atomic E-state index is 14.6. The largest absolute Gasteiger partial charge is 0.393 e. The summed E-state index contributed by atoms with van der Waals surface area (Å²) in [6.07, 6.45) is 4.80. The molecule has 0 aliphatic carbocycles. The number of allylic oxidation sites excluding steroid dienone is 1. The van der Waals surface area contributed by atoms with Crippen LogP contribution < -0.4 is 31.9 Å². The molecule has 13 heteroatoms. The van der Waals surface area contributed by atoms with Crippen LogP contribution in [0.5, 0.6) is 0 Å². The van der Waals surface area contributed by atoms with Gasteiger partial charge in [0.2, 0.25) is 5.91 Å². The first-order valence-electron chi connectivity index (χ1n) is 13.2. The molecule has 222 valence electrons. The van der Waals surface area contributed by atoms with Crippen LogP contribution in [0.2, 0.25) is 5.02 Å². The monoisotopic (exact) mass is 613 g/mol. The molecule has 10 nitrogen and oxygen atoms in total. The Kier molecular flexibility index (Phi) is 9.81. The van der Waals surface area contributed by atoms with Crippen LogP contribution in [-0.4, -0.2) is 27.3 Å². The van der Waals surface area contributed by atoms with Crippen LogP contribution in [0, 0.1) is 11.7 Å². The quantitative estimate of drug-likeness (QED) is 0.153. The van der Waals surface area contributed by atoms with Gasteiger partial charge in [-0.05, 0) is 61.7 Å². The summed E-state index contributed by atoms with van der Waals surface area (Å²) in [7, 11) is -1.29. The molecular formula is C29H33ClFN7O3S. The number of carbonyl (C=O) groups excluding carboxylic acids is 2. The van der Waals surface area contributed by atoms with E-state index in [0.717, 1.165) is 16.1 Å². The fraction of sp³-hybridized carbons (Fsp3) is 0.276. The van der Waals surface area contributed by atoms with Gasteiger partial charge in [0.05, 0.1) is 33.8 Å². The van der Waals surface area contributed by atoms with E-state index in [9.17, 15) is 18.2 Å². The minimum absolute atomic E-state index is 0.0365. The minimum Gasteiger partial charge on any atom is -0.393 e. The van der Waals surface area contributed by atoms with Gasteiger partial charge in [0.15, 0.2) is 5.82 Å². The van der Waals surface area contributed by atoms with Crippen molar-refractivity contribution in [2.45, 2.75) is 39.2 Å². The number of benzene rings is 2. The Balaban J connectivity index is 1.68. The number of hydrazine groups is 1. The van der Waals surface area contributed by atoms with E-state index in [1.165, 1.54) is 31.4 Å². The second kappa shape index (κ2) is 13.3. The summed E-state index contributed by atoms with van der Waals surface area (Å²) in [4.78, 5) is 30.9. The fourth-order valence-electron chi connectivity index (χ4n) is 4.63. The number of rotatable bonds is 6. The predicted molar refractivity (Wildman–Crippen MR) is 165 cm³/mol. The van der Waals surface area contributed by atoms with Crippen LogP contribution in [0.3, 0.4) is 0 Å². The zero-order valence-electron chi connectivity index (χ0n) is 23.4. The molecular weight excluding hydrogens is 581 g/mol. The van der Waals surface area contributed by atoms with Gasteiger partial charge in [0.1, 0.15) is 16.7 Å². The second-order valence-electron chi connectivity index (χ2n) is 10.1. The van der Waals surface area contributed by atoms with Gasteiger partial charge in [-0.25, -0.2) is 14.4 Å². The van der Waals surface area contributed by atoms with Crippen LogP contribution in [0.15, 0.2) is 66.1 Å². The number of nitrogens with two attached hydrogens (primary N) is 2. The van der Waals surface area contributed by atoms with Crippen LogP contribution in [0.4, 0.5) is 21.5 Å². The van der Waals surface area contributed by atoms with E-state index in [1.807, 2.05) is 19.1 Å². The average molecular weight is 614 g/mol. The first kappa shape index (κ1) is 30.9. The SMILES string of the molecule is C/C(=C(/N)C(=O)NC1CCCC(C)C(=O)Nc2cc(NS(C)=O)ccc2-c2ccnc1c2)N(N)c1cccc(Cl)c1F. The third-order valence-electron chi connectivity index (χ3n) is 7.06. The molecule has 0 radical (unpaired) electrons. The number of hydrogen-bond acceptors (Lipinski definition) is 7. The molecule has 1 aromatic heterocycles. The fourth-order valence-corrected chi connectivity index (χ4v) is 5.26. The number of fused-ring (bicyclic) bond motifs is 4. The second-order valence-corrected chi connectivity index (χ2v) is 11.6. The highest BCUT2D eigenvalue weighted by Gasteiger charge is 2.24. The maximum atomic E-state index is 14.6. The van der Waals surface area contributed by atoms with Crippen molar-refractivity contribution in [3.05, 3.63) is 82.7 Å². The van der Waals surface area contributed by atoms with Crippen molar-refractivity contribution in [2.75, 3.05) is 21.3 Å². The van der Waals surface area contributed by atoms with E-state index in [-0.39, 0.29) is 33.9 Å². The third-order valence-corrected chi connectivity index (χ3v) is 7.87. The van der Waals surface area contributed by atoms with Gasteiger partial charge < -0.3 is 21.1 Å². The number of halogens is 2. The van der Waals surface area contributed by atoms with Gasteiger partial charge in [0, 0.05) is 29.6 Å². The number of pyridine rings is 1. The lowest BCUT2D eigenvalue weighted by molar-refractivity contribution is -0.120. The summed E-state index contributed by atoms with van der Waals surface area (Å²) >= 11 is 5.89. The van der Waals surface area contributed by atoms with E-state index in [0.29, 0.717) is 36.3 Å². The number of nitrogens with zero attached hydrogens (tertiary/aromatic N) is 2. The summed E-state index contributed by atoms with van der Waals surface area (Å²) in [6, 6.07) is 12.8. The zero-order chi connectivity index (χ0) is 30.6. The molecule has 0 saturated carbocycles. The smallest absolute Gasteiger partial charge is 0.269 e. The summed E-state index contributed by atoms with van der Waals surface area (Å²) in [5.74, 6) is 4.29. The van der Waals surface area contributed by atoms with Crippen molar-refractivity contribution < 1.29 is 18.2 Å². The van der Waals surface area contributed by atoms with Gasteiger partial charge in [0.25, 0.3) is 5.91 Å². The van der Waals surface area contributed by atoms with Crippen LogP contribution >= 0.6 is 11.6 Å². The Hall–Kier alpha value is -4.00.